The average molecular weight is 373 g/mol. The number of hydrogen-bond donors (Lipinski definition) is 1. The van der Waals surface area contributed by atoms with Gasteiger partial charge >= 0.3 is 0 Å². The lowest BCUT2D eigenvalue weighted by Crippen LogP contribution is -2.18. The summed E-state index contributed by atoms with van der Waals surface area (Å²) in [6.45, 7) is 4.96. The number of rotatable bonds is 5. The van der Waals surface area contributed by atoms with E-state index in [9.17, 15) is 4.39 Å². The molecule has 2 rings (SSSR count). The zero-order chi connectivity index (χ0) is 15.4. The largest absolute Gasteiger partial charge is 0.457 e. The summed E-state index contributed by atoms with van der Waals surface area (Å²) in [5.74, 6) is 0.602. The van der Waals surface area contributed by atoms with Gasteiger partial charge in [0.15, 0.2) is 0 Å². The molecule has 1 atom stereocenters. The molecule has 0 radical (unpaired) electrons. The van der Waals surface area contributed by atoms with Gasteiger partial charge in [0.2, 0.25) is 0 Å². The molecule has 0 aliphatic rings. The van der Waals surface area contributed by atoms with Crippen LogP contribution in [0.2, 0.25) is 5.02 Å². The molecule has 1 N–H and O–H groups in total. The van der Waals surface area contributed by atoms with Crippen LogP contribution in [0.25, 0.3) is 0 Å². The fourth-order valence-electron chi connectivity index (χ4n) is 2.04. The van der Waals surface area contributed by atoms with E-state index >= 15 is 0 Å². The van der Waals surface area contributed by atoms with Gasteiger partial charge in [-0.3, -0.25) is 0 Å². The number of hydrogen-bond acceptors (Lipinski definition) is 2. The molecule has 0 saturated carbocycles. The van der Waals surface area contributed by atoms with E-state index in [2.05, 4.69) is 28.2 Å². The van der Waals surface area contributed by atoms with Gasteiger partial charge in [-0.05, 0) is 37.7 Å². The quantitative estimate of drug-likeness (QED) is 0.726. The van der Waals surface area contributed by atoms with Crippen molar-refractivity contribution in [2.75, 3.05) is 6.54 Å². The standard InChI is InChI=1S/C16H16BrClFNO/c1-3-20-10(2)13-6-4-11(17)8-16(13)21-12-5-7-14(18)15(19)9-12/h4-10,20H,3H2,1-2H3. The van der Waals surface area contributed by atoms with E-state index in [0.29, 0.717) is 11.5 Å². The Morgan fingerprint density at radius 2 is 2.05 bits per heavy atom. The highest BCUT2D eigenvalue weighted by Gasteiger charge is 2.13. The number of benzene rings is 2. The molecule has 0 aliphatic heterocycles. The molecule has 21 heavy (non-hydrogen) atoms. The predicted molar refractivity (Wildman–Crippen MR) is 87.7 cm³/mol. The van der Waals surface area contributed by atoms with Crippen LogP contribution < -0.4 is 10.1 Å². The fourth-order valence-corrected chi connectivity index (χ4v) is 2.50. The Morgan fingerprint density at radius 1 is 1.29 bits per heavy atom. The van der Waals surface area contributed by atoms with E-state index in [1.54, 1.807) is 6.07 Å². The number of halogens is 3. The van der Waals surface area contributed by atoms with E-state index in [-0.39, 0.29) is 11.1 Å². The second-order valence-electron chi connectivity index (χ2n) is 4.64. The van der Waals surface area contributed by atoms with Gasteiger partial charge in [0, 0.05) is 22.1 Å². The maximum Gasteiger partial charge on any atom is 0.145 e. The Hall–Kier alpha value is -1.10. The van der Waals surface area contributed by atoms with Crippen LogP contribution in [0, 0.1) is 5.82 Å². The third kappa shape index (κ3) is 4.19. The van der Waals surface area contributed by atoms with Crippen molar-refractivity contribution in [2.45, 2.75) is 19.9 Å². The van der Waals surface area contributed by atoms with Crippen LogP contribution in [-0.2, 0) is 0 Å². The van der Waals surface area contributed by atoms with Gasteiger partial charge < -0.3 is 10.1 Å². The van der Waals surface area contributed by atoms with E-state index in [4.69, 9.17) is 16.3 Å². The molecule has 0 heterocycles. The molecule has 112 valence electrons. The first-order valence-corrected chi connectivity index (χ1v) is 7.84. The zero-order valence-electron chi connectivity index (χ0n) is 11.8. The van der Waals surface area contributed by atoms with Gasteiger partial charge in [-0.2, -0.15) is 0 Å². The molecule has 0 aromatic heterocycles. The number of ether oxygens (including phenoxy) is 1. The second-order valence-corrected chi connectivity index (χ2v) is 5.96. The van der Waals surface area contributed by atoms with Gasteiger partial charge in [0.25, 0.3) is 0 Å². The summed E-state index contributed by atoms with van der Waals surface area (Å²) < 4.78 is 20.2. The van der Waals surface area contributed by atoms with Crippen molar-refractivity contribution in [3.63, 3.8) is 0 Å². The lowest BCUT2D eigenvalue weighted by Gasteiger charge is -2.18. The highest BCUT2D eigenvalue weighted by Crippen LogP contribution is 2.33. The minimum absolute atomic E-state index is 0.0813. The van der Waals surface area contributed by atoms with Crippen LogP contribution in [0.5, 0.6) is 11.5 Å². The summed E-state index contributed by atoms with van der Waals surface area (Å²) in [4.78, 5) is 0. The first-order valence-electron chi connectivity index (χ1n) is 6.67. The molecule has 0 bridgehead atoms. The topological polar surface area (TPSA) is 21.3 Å². The van der Waals surface area contributed by atoms with Crippen molar-refractivity contribution >= 4 is 27.5 Å². The Balaban J connectivity index is 2.33. The second kappa shape index (κ2) is 7.25. The van der Waals surface area contributed by atoms with Crippen molar-refractivity contribution < 1.29 is 9.13 Å². The normalized spacial score (nSPS) is 12.2. The van der Waals surface area contributed by atoms with E-state index in [1.165, 1.54) is 12.1 Å². The Labute approximate surface area is 137 Å². The summed E-state index contributed by atoms with van der Waals surface area (Å²) in [5, 5.41) is 3.42. The molecule has 2 aromatic rings. The molecule has 5 heteroatoms. The summed E-state index contributed by atoms with van der Waals surface area (Å²) >= 11 is 9.11. The number of nitrogens with one attached hydrogen (secondary N) is 1. The van der Waals surface area contributed by atoms with Crippen molar-refractivity contribution in [3.8, 4) is 11.5 Å². The van der Waals surface area contributed by atoms with Gasteiger partial charge in [0.1, 0.15) is 17.3 Å². The molecular formula is C16H16BrClFNO. The molecule has 1 unspecified atom stereocenters. The maximum absolute atomic E-state index is 13.5. The lowest BCUT2D eigenvalue weighted by atomic mass is 10.1. The summed E-state index contributed by atoms with van der Waals surface area (Å²) in [6.07, 6.45) is 0. The van der Waals surface area contributed by atoms with Gasteiger partial charge in [-0.1, -0.05) is 40.5 Å². The smallest absolute Gasteiger partial charge is 0.145 e. The molecule has 0 amide bonds. The monoisotopic (exact) mass is 371 g/mol. The molecule has 2 aromatic carbocycles. The molecular weight excluding hydrogens is 357 g/mol. The zero-order valence-corrected chi connectivity index (χ0v) is 14.1. The van der Waals surface area contributed by atoms with Crippen molar-refractivity contribution in [1.82, 2.24) is 5.32 Å². The van der Waals surface area contributed by atoms with Crippen LogP contribution in [0.15, 0.2) is 40.9 Å². The minimum Gasteiger partial charge on any atom is -0.457 e. The minimum atomic E-state index is -0.495. The average Bonchev–Trinajstić information content (AvgIpc) is 2.43. The molecule has 0 fully saturated rings. The first kappa shape index (κ1) is 16.3. The SMILES string of the molecule is CCNC(C)c1ccc(Br)cc1Oc1ccc(Cl)c(F)c1. The predicted octanol–water partition coefficient (Wildman–Crippen LogP) is 5.70. The van der Waals surface area contributed by atoms with Gasteiger partial charge in [-0.15, -0.1) is 0 Å². The van der Waals surface area contributed by atoms with Crippen LogP contribution in [0.1, 0.15) is 25.5 Å². The van der Waals surface area contributed by atoms with Crippen LogP contribution in [0.4, 0.5) is 4.39 Å². The summed E-state index contributed by atoms with van der Waals surface area (Å²) in [5.41, 5.74) is 1.01. The Kier molecular flexibility index (Phi) is 5.62. The Bertz CT molecular complexity index is 636. The Morgan fingerprint density at radius 3 is 2.71 bits per heavy atom. The molecule has 0 spiro atoms. The van der Waals surface area contributed by atoms with Gasteiger partial charge in [-0.25, -0.2) is 4.39 Å². The first-order chi connectivity index (χ1) is 10.0. The lowest BCUT2D eigenvalue weighted by molar-refractivity contribution is 0.458. The van der Waals surface area contributed by atoms with Gasteiger partial charge in [0.05, 0.1) is 5.02 Å². The van der Waals surface area contributed by atoms with Crippen LogP contribution in [-0.4, -0.2) is 6.54 Å². The summed E-state index contributed by atoms with van der Waals surface area (Å²) in [6, 6.07) is 10.4. The van der Waals surface area contributed by atoms with E-state index < -0.39 is 5.82 Å². The summed E-state index contributed by atoms with van der Waals surface area (Å²) in [7, 11) is 0. The molecule has 2 nitrogen and oxygen atoms in total. The molecule has 0 saturated heterocycles. The fraction of sp³-hybridized carbons (Fsp3) is 0.250. The van der Waals surface area contributed by atoms with Crippen molar-refractivity contribution in [2.24, 2.45) is 0 Å². The van der Waals surface area contributed by atoms with E-state index in [0.717, 1.165) is 16.6 Å². The maximum atomic E-state index is 13.5. The van der Waals surface area contributed by atoms with Crippen LogP contribution >= 0.6 is 27.5 Å². The van der Waals surface area contributed by atoms with Crippen molar-refractivity contribution in [1.29, 1.82) is 0 Å². The van der Waals surface area contributed by atoms with Crippen LogP contribution in [0.3, 0.4) is 0 Å². The highest BCUT2D eigenvalue weighted by atomic mass is 79.9. The van der Waals surface area contributed by atoms with E-state index in [1.807, 2.05) is 25.1 Å². The third-order valence-electron chi connectivity index (χ3n) is 3.07. The highest BCUT2D eigenvalue weighted by molar-refractivity contribution is 9.10. The third-order valence-corrected chi connectivity index (χ3v) is 3.87. The van der Waals surface area contributed by atoms with Crippen molar-refractivity contribution in [3.05, 3.63) is 57.3 Å². The molecule has 0 aliphatic carbocycles.